The maximum Gasteiger partial charge on any atom is 0.244 e. The molecule has 2 heterocycles. The van der Waals surface area contributed by atoms with Crippen molar-refractivity contribution in [3.63, 3.8) is 0 Å². The first-order chi connectivity index (χ1) is 15.5. The van der Waals surface area contributed by atoms with E-state index in [0.29, 0.717) is 17.8 Å². The van der Waals surface area contributed by atoms with Crippen molar-refractivity contribution in [3.05, 3.63) is 77.9 Å². The molecule has 1 aromatic heterocycles. The van der Waals surface area contributed by atoms with Gasteiger partial charge in [0.15, 0.2) is 0 Å². The summed E-state index contributed by atoms with van der Waals surface area (Å²) in [6.45, 7) is 0.777. The Morgan fingerprint density at radius 1 is 1.19 bits per heavy atom. The highest BCUT2D eigenvalue weighted by Crippen LogP contribution is 2.33. The Morgan fingerprint density at radius 2 is 1.97 bits per heavy atom. The molecule has 1 aliphatic heterocycles. The van der Waals surface area contributed by atoms with Crippen LogP contribution in [0.1, 0.15) is 30.0 Å². The Morgan fingerprint density at radius 3 is 2.72 bits per heavy atom. The van der Waals surface area contributed by atoms with Gasteiger partial charge in [-0.3, -0.25) is 14.3 Å². The number of halogens is 1. The highest BCUT2D eigenvalue weighted by atomic mass is 19.1. The molecule has 8 heteroatoms. The zero-order valence-corrected chi connectivity index (χ0v) is 17.8. The maximum absolute atomic E-state index is 13.7. The third kappa shape index (κ3) is 4.96. The number of rotatable bonds is 7. The fraction of sp³-hybridized carbons (Fsp3) is 0.292. The van der Waals surface area contributed by atoms with E-state index in [1.807, 2.05) is 29.2 Å². The molecule has 3 aromatic rings. The number of carbonyl (C=O) groups excluding carboxylic acids is 2. The standard InChI is InChI=1S/C24H25FN4O3/c1-32-20-10-8-17(9-11-20)22-7-4-12-29(22)24(31)16-28-15-19(14-26-28)27-23(30)13-18-5-2-3-6-21(18)25/h2-3,5-6,8-11,14-15,22H,4,7,12-13,16H2,1H3,(H,27,30). The largest absolute Gasteiger partial charge is 0.497 e. The predicted octanol–water partition coefficient (Wildman–Crippen LogP) is 3.58. The number of nitrogens with one attached hydrogen (secondary N) is 1. The smallest absolute Gasteiger partial charge is 0.244 e. The van der Waals surface area contributed by atoms with Gasteiger partial charge in [0.1, 0.15) is 18.1 Å². The molecule has 0 saturated carbocycles. The fourth-order valence-electron chi connectivity index (χ4n) is 4.00. The number of ether oxygens (including phenoxy) is 1. The van der Waals surface area contributed by atoms with Crippen molar-refractivity contribution in [1.29, 1.82) is 0 Å². The zero-order chi connectivity index (χ0) is 22.5. The van der Waals surface area contributed by atoms with Crippen LogP contribution in [0, 0.1) is 5.82 Å². The summed E-state index contributed by atoms with van der Waals surface area (Å²) in [5, 5.41) is 6.89. The van der Waals surface area contributed by atoms with E-state index in [2.05, 4.69) is 10.4 Å². The Labute approximate surface area is 185 Å². The van der Waals surface area contributed by atoms with Gasteiger partial charge < -0.3 is 15.0 Å². The summed E-state index contributed by atoms with van der Waals surface area (Å²) in [6.07, 6.45) is 4.87. The summed E-state index contributed by atoms with van der Waals surface area (Å²) in [5.74, 6) is -0.0116. The van der Waals surface area contributed by atoms with Crippen LogP contribution in [0.15, 0.2) is 60.9 Å². The number of hydrogen-bond donors (Lipinski definition) is 1. The highest BCUT2D eigenvalue weighted by molar-refractivity contribution is 5.92. The predicted molar refractivity (Wildman–Crippen MR) is 118 cm³/mol. The number of nitrogens with zero attached hydrogens (tertiary/aromatic N) is 3. The topological polar surface area (TPSA) is 76.5 Å². The van der Waals surface area contributed by atoms with E-state index in [1.165, 1.54) is 16.9 Å². The molecule has 1 unspecified atom stereocenters. The SMILES string of the molecule is COc1ccc(C2CCCN2C(=O)Cn2cc(NC(=O)Cc3ccccc3F)cn2)cc1. The second-order valence-corrected chi connectivity index (χ2v) is 7.76. The average Bonchev–Trinajstić information content (AvgIpc) is 3.45. The monoisotopic (exact) mass is 436 g/mol. The Kier molecular flexibility index (Phi) is 6.49. The maximum atomic E-state index is 13.7. The van der Waals surface area contributed by atoms with Gasteiger partial charge in [-0.1, -0.05) is 30.3 Å². The van der Waals surface area contributed by atoms with Crippen molar-refractivity contribution >= 4 is 17.5 Å². The molecule has 1 aliphatic rings. The van der Waals surface area contributed by atoms with Crippen LogP contribution in [0.5, 0.6) is 5.75 Å². The van der Waals surface area contributed by atoms with Gasteiger partial charge in [0.25, 0.3) is 0 Å². The van der Waals surface area contributed by atoms with E-state index < -0.39 is 5.82 Å². The molecule has 7 nitrogen and oxygen atoms in total. The van der Waals surface area contributed by atoms with Crippen LogP contribution in [0.25, 0.3) is 0 Å². The van der Waals surface area contributed by atoms with Crippen molar-refractivity contribution in [2.75, 3.05) is 19.0 Å². The first-order valence-electron chi connectivity index (χ1n) is 10.5. The van der Waals surface area contributed by atoms with E-state index >= 15 is 0 Å². The van der Waals surface area contributed by atoms with E-state index in [9.17, 15) is 14.0 Å². The highest BCUT2D eigenvalue weighted by Gasteiger charge is 2.30. The first-order valence-corrected chi connectivity index (χ1v) is 10.5. The van der Waals surface area contributed by atoms with E-state index in [0.717, 1.165) is 24.2 Å². The normalized spacial score (nSPS) is 15.6. The Balaban J connectivity index is 1.35. The lowest BCUT2D eigenvalue weighted by molar-refractivity contribution is -0.133. The summed E-state index contributed by atoms with van der Waals surface area (Å²) in [6, 6.07) is 14.0. The summed E-state index contributed by atoms with van der Waals surface area (Å²) < 4.78 is 20.4. The second kappa shape index (κ2) is 9.64. The van der Waals surface area contributed by atoms with Gasteiger partial charge in [0.05, 0.1) is 31.5 Å². The van der Waals surface area contributed by atoms with Crippen molar-refractivity contribution in [1.82, 2.24) is 14.7 Å². The van der Waals surface area contributed by atoms with E-state index in [-0.39, 0.29) is 30.8 Å². The molecule has 1 N–H and O–H groups in total. The summed E-state index contributed by atoms with van der Waals surface area (Å²) >= 11 is 0. The molecular formula is C24H25FN4O3. The molecule has 0 spiro atoms. The molecule has 4 rings (SSSR count). The average molecular weight is 436 g/mol. The molecule has 1 atom stereocenters. The van der Waals surface area contributed by atoms with Gasteiger partial charge in [-0.05, 0) is 42.2 Å². The summed E-state index contributed by atoms with van der Waals surface area (Å²) in [5.41, 5.74) is 1.87. The molecule has 0 bridgehead atoms. The van der Waals surface area contributed by atoms with Crippen LogP contribution < -0.4 is 10.1 Å². The van der Waals surface area contributed by atoms with Crippen LogP contribution in [0.2, 0.25) is 0 Å². The Hall–Kier alpha value is -3.68. The third-order valence-electron chi connectivity index (χ3n) is 5.60. The van der Waals surface area contributed by atoms with Crippen LogP contribution in [0.4, 0.5) is 10.1 Å². The van der Waals surface area contributed by atoms with Crippen molar-refractivity contribution in [2.24, 2.45) is 0 Å². The number of amides is 2. The minimum Gasteiger partial charge on any atom is -0.497 e. The van der Waals surface area contributed by atoms with Crippen molar-refractivity contribution in [2.45, 2.75) is 31.8 Å². The molecular weight excluding hydrogens is 411 g/mol. The van der Waals surface area contributed by atoms with Gasteiger partial charge in [0, 0.05) is 12.7 Å². The minimum atomic E-state index is -0.416. The second-order valence-electron chi connectivity index (χ2n) is 7.76. The molecule has 0 radical (unpaired) electrons. The number of methoxy groups -OCH3 is 1. The van der Waals surface area contributed by atoms with Crippen LogP contribution in [-0.4, -0.2) is 40.1 Å². The fourth-order valence-corrected chi connectivity index (χ4v) is 4.00. The van der Waals surface area contributed by atoms with Crippen molar-refractivity contribution in [3.8, 4) is 5.75 Å². The lowest BCUT2D eigenvalue weighted by Crippen LogP contribution is -2.33. The van der Waals surface area contributed by atoms with Crippen LogP contribution in [0.3, 0.4) is 0 Å². The molecule has 0 aliphatic carbocycles. The molecule has 2 aromatic carbocycles. The van der Waals surface area contributed by atoms with E-state index in [1.54, 1.807) is 31.5 Å². The lowest BCUT2D eigenvalue weighted by Gasteiger charge is -2.25. The van der Waals surface area contributed by atoms with E-state index in [4.69, 9.17) is 4.74 Å². The summed E-state index contributed by atoms with van der Waals surface area (Å²) in [7, 11) is 1.63. The number of benzene rings is 2. The van der Waals surface area contributed by atoms with Gasteiger partial charge in [-0.25, -0.2) is 4.39 Å². The van der Waals surface area contributed by atoms with Crippen molar-refractivity contribution < 1.29 is 18.7 Å². The Bertz CT molecular complexity index is 1100. The summed E-state index contributed by atoms with van der Waals surface area (Å²) in [4.78, 5) is 27.0. The number of anilines is 1. The van der Waals surface area contributed by atoms with Gasteiger partial charge >= 0.3 is 0 Å². The molecule has 32 heavy (non-hydrogen) atoms. The minimum absolute atomic E-state index is 0.0314. The molecule has 1 fully saturated rings. The van der Waals surface area contributed by atoms with Crippen LogP contribution in [-0.2, 0) is 22.6 Å². The van der Waals surface area contributed by atoms with Gasteiger partial charge in [-0.2, -0.15) is 5.10 Å². The zero-order valence-electron chi connectivity index (χ0n) is 17.8. The molecule has 166 valence electrons. The first kappa shape index (κ1) is 21.5. The van der Waals surface area contributed by atoms with Gasteiger partial charge in [0.2, 0.25) is 11.8 Å². The number of likely N-dealkylation sites (tertiary alicyclic amines) is 1. The van der Waals surface area contributed by atoms with Gasteiger partial charge in [-0.15, -0.1) is 0 Å². The molecule has 2 amide bonds. The number of hydrogen-bond acceptors (Lipinski definition) is 4. The van der Waals surface area contributed by atoms with Crippen LogP contribution >= 0.6 is 0 Å². The lowest BCUT2D eigenvalue weighted by atomic mass is 10.0. The third-order valence-corrected chi connectivity index (χ3v) is 5.60. The number of carbonyl (C=O) groups is 2. The quantitative estimate of drug-likeness (QED) is 0.614. The number of aromatic nitrogens is 2. The molecule has 1 saturated heterocycles.